The Balaban J connectivity index is 2.83. The number of aromatic nitrogens is 1. The number of fused-ring (bicyclic) bond motifs is 1. The number of esters is 2. The Morgan fingerprint density at radius 1 is 0.944 bits per heavy atom. The summed E-state index contributed by atoms with van der Waals surface area (Å²) in [6, 6.07) is 7.15. The first-order chi connectivity index (χ1) is 8.61. The highest BCUT2D eigenvalue weighted by Gasteiger charge is 2.24. The summed E-state index contributed by atoms with van der Waals surface area (Å²) < 4.78 is 11.0. The monoisotopic (exact) mass is 247 g/mol. The summed E-state index contributed by atoms with van der Waals surface area (Å²) in [6.45, 7) is 0. The topological polar surface area (TPSA) is 57.5 Å². The van der Waals surface area contributed by atoms with E-state index in [1.165, 1.54) is 18.8 Å². The van der Waals surface area contributed by atoms with Gasteiger partial charge in [0.25, 0.3) is 0 Å². The summed E-state index contributed by atoms with van der Waals surface area (Å²) in [4.78, 5) is 23.6. The minimum Gasteiger partial charge on any atom is -0.464 e. The molecule has 0 atom stereocenters. The van der Waals surface area contributed by atoms with Crippen molar-refractivity contribution in [3.05, 3.63) is 35.7 Å². The number of hydrogen-bond acceptors (Lipinski definition) is 4. The smallest absolute Gasteiger partial charge is 0.355 e. The highest BCUT2D eigenvalue weighted by atomic mass is 16.5. The molecule has 1 heterocycles. The van der Waals surface area contributed by atoms with Crippen LogP contribution in [0.5, 0.6) is 0 Å². The predicted molar refractivity (Wildman–Crippen MR) is 65.6 cm³/mol. The maximum atomic E-state index is 11.8. The number of benzene rings is 1. The van der Waals surface area contributed by atoms with Crippen molar-refractivity contribution >= 4 is 22.7 Å². The molecule has 0 aliphatic carbocycles. The number of carbonyl (C=O) groups excluding carboxylic acids is 2. The Labute approximate surface area is 104 Å². The van der Waals surface area contributed by atoms with Gasteiger partial charge in [-0.05, 0) is 0 Å². The Bertz CT molecular complexity index is 574. The molecule has 5 nitrogen and oxygen atoms in total. The first kappa shape index (κ1) is 12.2. The van der Waals surface area contributed by atoms with Gasteiger partial charge in [-0.15, -0.1) is 0 Å². The Hall–Kier alpha value is -2.30. The number of nitrogens with zero attached hydrogens (tertiary/aromatic N) is 1. The van der Waals surface area contributed by atoms with E-state index in [9.17, 15) is 9.59 Å². The van der Waals surface area contributed by atoms with Crippen LogP contribution < -0.4 is 0 Å². The van der Waals surface area contributed by atoms with Gasteiger partial charge in [-0.1, -0.05) is 24.3 Å². The summed E-state index contributed by atoms with van der Waals surface area (Å²) >= 11 is 0. The van der Waals surface area contributed by atoms with Gasteiger partial charge in [0.2, 0.25) is 0 Å². The zero-order chi connectivity index (χ0) is 13.3. The van der Waals surface area contributed by atoms with Crippen molar-refractivity contribution in [3.8, 4) is 0 Å². The van der Waals surface area contributed by atoms with Crippen LogP contribution in [-0.4, -0.2) is 30.7 Å². The molecule has 2 rings (SSSR count). The van der Waals surface area contributed by atoms with Crippen LogP contribution in [0.15, 0.2) is 24.3 Å². The van der Waals surface area contributed by atoms with Gasteiger partial charge in [0.05, 0.1) is 14.2 Å². The molecule has 1 aromatic carbocycles. The summed E-state index contributed by atoms with van der Waals surface area (Å²) in [5.74, 6) is -0.965. The quantitative estimate of drug-likeness (QED) is 0.759. The lowest BCUT2D eigenvalue weighted by Gasteiger charge is -2.04. The van der Waals surface area contributed by atoms with Crippen LogP contribution >= 0.6 is 0 Å². The molecule has 2 aromatic rings. The second-order valence-corrected chi connectivity index (χ2v) is 3.78. The van der Waals surface area contributed by atoms with Gasteiger partial charge in [-0.3, -0.25) is 0 Å². The molecule has 0 saturated heterocycles. The van der Waals surface area contributed by atoms with E-state index in [2.05, 4.69) is 0 Å². The third kappa shape index (κ3) is 1.64. The fraction of sp³-hybridized carbons (Fsp3) is 0.231. The van der Waals surface area contributed by atoms with Gasteiger partial charge in [0.15, 0.2) is 0 Å². The van der Waals surface area contributed by atoms with E-state index in [0.717, 1.165) is 0 Å². The number of methoxy groups -OCH3 is 2. The molecular formula is C13H13NO4. The lowest BCUT2D eigenvalue weighted by Crippen LogP contribution is -2.13. The van der Waals surface area contributed by atoms with Crippen molar-refractivity contribution < 1.29 is 19.1 Å². The number of ether oxygens (including phenoxy) is 2. The molecule has 0 spiro atoms. The van der Waals surface area contributed by atoms with Crippen LogP contribution in [0.1, 0.15) is 21.0 Å². The third-order valence-electron chi connectivity index (χ3n) is 2.87. The summed E-state index contributed by atoms with van der Waals surface area (Å²) in [7, 11) is 4.25. The lowest BCUT2D eigenvalue weighted by atomic mass is 10.1. The minimum atomic E-state index is -0.483. The lowest BCUT2D eigenvalue weighted by molar-refractivity contribution is 0.0582. The first-order valence-electron chi connectivity index (χ1n) is 5.35. The first-order valence-corrected chi connectivity index (χ1v) is 5.35. The molecule has 0 unspecified atom stereocenters. The SMILES string of the molecule is COC(=O)c1c2ccccc2c(C(=O)OC)n1C. The molecule has 0 N–H and O–H groups in total. The highest BCUT2D eigenvalue weighted by Crippen LogP contribution is 2.26. The molecule has 0 amide bonds. The number of rotatable bonds is 2. The molecule has 5 heteroatoms. The average Bonchev–Trinajstić information content (AvgIpc) is 2.69. The van der Waals surface area contributed by atoms with Gasteiger partial charge < -0.3 is 14.0 Å². The van der Waals surface area contributed by atoms with Crippen LogP contribution in [0.25, 0.3) is 10.8 Å². The van der Waals surface area contributed by atoms with Gasteiger partial charge in [0, 0.05) is 17.8 Å². The largest absolute Gasteiger partial charge is 0.464 e. The maximum absolute atomic E-state index is 11.8. The van der Waals surface area contributed by atoms with Crippen LogP contribution in [0.4, 0.5) is 0 Å². The van der Waals surface area contributed by atoms with Crippen molar-refractivity contribution in [2.45, 2.75) is 0 Å². The fourth-order valence-electron chi connectivity index (χ4n) is 2.06. The molecule has 18 heavy (non-hydrogen) atoms. The van der Waals surface area contributed by atoms with Gasteiger partial charge in [-0.25, -0.2) is 9.59 Å². The summed E-state index contributed by atoms with van der Waals surface area (Å²) in [6.07, 6.45) is 0. The molecule has 0 saturated carbocycles. The Kier molecular flexibility index (Phi) is 3.06. The van der Waals surface area contributed by atoms with E-state index in [1.807, 2.05) is 0 Å². The molecule has 0 fully saturated rings. The van der Waals surface area contributed by atoms with Crippen LogP contribution in [-0.2, 0) is 16.5 Å². The molecule has 0 aliphatic heterocycles. The Morgan fingerprint density at radius 2 is 1.33 bits per heavy atom. The van der Waals surface area contributed by atoms with E-state index in [1.54, 1.807) is 31.3 Å². The maximum Gasteiger partial charge on any atom is 0.355 e. The van der Waals surface area contributed by atoms with Crippen molar-refractivity contribution in [3.63, 3.8) is 0 Å². The van der Waals surface area contributed by atoms with Gasteiger partial charge in [-0.2, -0.15) is 0 Å². The molecule has 0 radical (unpaired) electrons. The average molecular weight is 247 g/mol. The standard InChI is InChI=1S/C13H13NO4/c1-14-10(12(15)17-2)8-6-4-5-7-9(8)11(14)13(16)18-3/h4-7H,1-3H3. The Morgan fingerprint density at radius 3 is 1.67 bits per heavy atom. The zero-order valence-electron chi connectivity index (χ0n) is 10.4. The second-order valence-electron chi connectivity index (χ2n) is 3.78. The molecular weight excluding hydrogens is 234 g/mol. The predicted octanol–water partition coefficient (Wildman–Crippen LogP) is 1.75. The van der Waals surface area contributed by atoms with E-state index in [4.69, 9.17) is 9.47 Å². The zero-order valence-corrected chi connectivity index (χ0v) is 10.4. The van der Waals surface area contributed by atoms with Gasteiger partial charge >= 0.3 is 11.9 Å². The van der Waals surface area contributed by atoms with E-state index < -0.39 is 11.9 Å². The van der Waals surface area contributed by atoms with Gasteiger partial charge in [0.1, 0.15) is 11.4 Å². The highest BCUT2D eigenvalue weighted by molar-refractivity contribution is 6.12. The van der Waals surface area contributed by atoms with Crippen LogP contribution in [0.3, 0.4) is 0 Å². The van der Waals surface area contributed by atoms with Crippen molar-refractivity contribution in [2.24, 2.45) is 7.05 Å². The van der Waals surface area contributed by atoms with Crippen molar-refractivity contribution in [1.82, 2.24) is 4.57 Å². The van der Waals surface area contributed by atoms with Crippen LogP contribution in [0.2, 0.25) is 0 Å². The number of carbonyl (C=O) groups is 2. The second kappa shape index (κ2) is 4.52. The van der Waals surface area contributed by atoms with E-state index >= 15 is 0 Å². The third-order valence-corrected chi connectivity index (χ3v) is 2.87. The number of hydrogen-bond donors (Lipinski definition) is 0. The molecule has 0 bridgehead atoms. The molecule has 94 valence electrons. The fourth-order valence-corrected chi connectivity index (χ4v) is 2.06. The minimum absolute atomic E-state index is 0.341. The summed E-state index contributed by atoms with van der Waals surface area (Å²) in [5.41, 5.74) is 0.682. The van der Waals surface area contributed by atoms with E-state index in [0.29, 0.717) is 22.2 Å². The van der Waals surface area contributed by atoms with Crippen molar-refractivity contribution in [1.29, 1.82) is 0 Å². The normalized spacial score (nSPS) is 10.4. The molecule has 1 aromatic heterocycles. The van der Waals surface area contributed by atoms with Crippen LogP contribution in [0, 0.1) is 0 Å². The summed E-state index contributed by atoms with van der Waals surface area (Å²) in [5, 5.41) is 1.35. The van der Waals surface area contributed by atoms with Crippen molar-refractivity contribution in [2.75, 3.05) is 14.2 Å². The molecule has 0 aliphatic rings. The van der Waals surface area contributed by atoms with E-state index in [-0.39, 0.29) is 0 Å².